The first kappa shape index (κ1) is 21.3. The monoisotopic (exact) mass is 426 g/mol. The van der Waals surface area contributed by atoms with E-state index in [2.05, 4.69) is 10.6 Å². The normalized spacial score (nSPS) is 10.8. The molecule has 0 saturated carbocycles. The van der Waals surface area contributed by atoms with Gasteiger partial charge in [-0.05, 0) is 50.2 Å². The number of benzene rings is 3. The molecule has 0 radical (unpaired) electrons. The zero-order valence-corrected chi connectivity index (χ0v) is 18.3. The van der Waals surface area contributed by atoms with Crippen LogP contribution >= 0.6 is 0 Å². The second-order valence-corrected chi connectivity index (χ2v) is 7.89. The van der Waals surface area contributed by atoms with E-state index in [-0.39, 0.29) is 18.4 Å². The summed E-state index contributed by atoms with van der Waals surface area (Å²) in [6, 6.07) is 22.9. The third kappa shape index (κ3) is 5.03. The maximum atomic E-state index is 12.7. The summed E-state index contributed by atoms with van der Waals surface area (Å²) in [4.78, 5) is 29.8. The summed E-state index contributed by atoms with van der Waals surface area (Å²) in [6.07, 6.45) is 0.518. The van der Waals surface area contributed by atoms with E-state index in [1.165, 1.54) is 0 Å². The van der Waals surface area contributed by atoms with Crippen molar-refractivity contribution >= 4 is 28.5 Å². The minimum Gasteiger partial charge on any atom is -0.352 e. The molecular weight excluding hydrogens is 400 g/mol. The van der Waals surface area contributed by atoms with Crippen molar-refractivity contribution in [3.63, 3.8) is 0 Å². The van der Waals surface area contributed by atoms with Crippen molar-refractivity contribution in [1.82, 2.24) is 14.9 Å². The highest BCUT2D eigenvalue weighted by Gasteiger charge is 2.14. The lowest BCUT2D eigenvalue weighted by molar-refractivity contribution is -0.116. The molecule has 6 heteroatoms. The van der Waals surface area contributed by atoms with Gasteiger partial charge < -0.3 is 15.2 Å². The van der Waals surface area contributed by atoms with Gasteiger partial charge in [0.25, 0.3) is 5.91 Å². The Kier molecular flexibility index (Phi) is 6.31. The van der Waals surface area contributed by atoms with Gasteiger partial charge in [-0.15, -0.1) is 0 Å². The molecule has 0 atom stereocenters. The van der Waals surface area contributed by atoms with Gasteiger partial charge in [0.05, 0.1) is 11.0 Å². The minimum atomic E-state index is -0.123. The number of aromatic nitrogens is 2. The Bertz CT molecular complexity index is 1240. The van der Waals surface area contributed by atoms with E-state index < -0.39 is 0 Å². The van der Waals surface area contributed by atoms with Crippen molar-refractivity contribution in [2.45, 2.75) is 26.8 Å². The Morgan fingerprint density at radius 1 is 0.875 bits per heavy atom. The van der Waals surface area contributed by atoms with Gasteiger partial charge in [0.1, 0.15) is 12.4 Å². The average Bonchev–Trinajstić information content (AvgIpc) is 3.13. The molecule has 32 heavy (non-hydrogen) atoms. The van der Waals surface area contributed by atoms with Gasteiger partial charge in [0.2, 0.25) is 5.91 Å². The highest BCUT2D eigenvalue weighted by atomic mass is 16.2. The molecule has 0 aliphatic carbocycles. The molecule has 0 bridgehead atoms. The number of carbonyl (C=O) groups is 2. The fourth-order valence-electron chi connectivity index (χ4n) is 3.57. The molecule has 1 aromatic heterocycles. The van der Waals surface area contributed by atoms with Crippen molar-refractivity contribution < 1.29 is 9.59 Å². The Hall–Kier alpha value is -3.93. The molecule has 0 spiro atoms. The Morgan fingerprint density at radius 3 is 2.25 bits per heavy atom. The lowest BCUT2D eigenvalue weighted by atomic mass is 10.1. The molecule has 2 amide bonds. The second-order valence-electron chi connectivity index (χ2n) is 7.89. The second kappa shape index (κ2) is 9.47. The van der Waals surface area contributed by atoms with Crippen LogP contribution in [0.1, 0.15) is 27.3 Å². The predicted octanol–water partition coefficient (Wildman–Crippen LogP) is 4.26. The summed E-state index contributed by atoms with van der Waals surface area (Å²) in [5, 5.41) is 5.89. The van der Waals surface area contributed by atoms with Crippen molar-refractivity contribution in [3.8, 4) is 0 Å². The quantitative estimate of drug-likeness (QED) is 0.464. The smallest absolute Gasteiger partial charge is 0.251 e. The summed E-state index contributed by atoms with van der Waals surface area (Å²) in [5.74, 6) is 0.515. The van der Waals surface area contributed by atoms with Gasteiger partial charge in [-0.3, -0.25) is 9.59 Å². The Labute approximate surface area is 187 Å². The Morgan fingerprint density at radius 2 is 1.53 bits per heavy atom. The van der Waals surface area contributed by atoms with Crippen molar-refractivity contribution in [3.05, 3.63) is 95.3 Å². The summed E-state index contributed by atoms with van der Waals surface area (Å²) >= 11 is 0. The number of carbonyl (C=O) groups excluding carboxylic acids is 2. The first-order valence-electron chi connectivity index (χ1n) is 10.6. The molecule has 4 rings (SSSR count). The number of para-hydroxylation sites is 2. The lowest BCUT2D eigenvalue weighted by Gasteiger charge is -2.11. The van der Waals surface area contributed by atoms with Crippen LogP contribution in [-0.4, -0.2) is 27.9 Å². The molecule has 0 fully saturated rings. The Balaban J connectivity index is 1.46. The van der Waals surface area contributed by atoms with Crippen LogP contribution in [0.25, 0.3) is 11.0 Å². The molecule has 0 unspecified atom stereocenters. The molecule has 0 aliphatic heterocycles. The number of hydrogen-bond acceptors (Lipinski definition) is 3. The predicted molar refractivity (Wildman–Crippen MR) is 127 cm³/mol. The van der Waals surface area contributed by atoms with Crippen LogP contribution in [0.4, 0.5) is 5.69 Å². The van der Waals surface area contributed by atoms with Gasteiger partial charge in [0.15, 0.2) is 0 Å². The van der Waals surface area contributed by atoms with Crippen molar-refractivity contribution in [2.75, 3.05) is 11.9 Å². The van der Waals surface area contributed by atoms with Crippen LogP contribution in [0.2, 0.25) is 0 Å². The third-order valence-electron chi connectivity index (χ3n) is 5.32. The molecule has 162 valence electrons. The number of fused-ring (bicyclic) bond motifs is 1. The van der Waals surface area contributed by atoms with Gasteiger partial charge >= 0.3 is 0 Å². The standard InChI is InChI=1S/C26H26N4O2/c1-18-7-11-20(12-8-18)26(32)27-16-15-24-29-22-5-3-4-6-23(22)30(24)17-25(31)28-21-13-9-19(2)10-14-21/h3-14H,15-17H2,1-2H3,(H,27,32)(H,28,31). The number of imidazole rings is 1. The zero-order valence-electron chi connectivity index (χ0n) is 18.3. The molecule has 6 nitrogen and oxygen atoms in total. The van der Waals surface area contributed by atoms with E-state index in [0.29, 0.717) is 18.5 Å². The summed E-state index contributed by atoms with van der Waals surface area (Å²) in [5.41, 5.74) is 5.36. The zero-order chi connectivity index (χ0) is 22.5. The number of nitrogens with zero attached hydrogens (tertiary/aromatic N) is 2. The van der Waals surface area contributed by atoms with Crippen LogP contribution < -0.4 is 10.6 Å². The number of hydrogen-bond donors (Lipinski definition) is 2. The summed E-state index contributed by atoms with van der Waals surface area (Å²) < 4.78 is 1.91. The molecule has 2 N–H and O–H groups in total. The molecule has 3 aromatic carbocycles. The van der Waals surface area contributed by atoms with Gasteiger partial charge in [-0.25, -0.2) is 4.98 Å². The van der Waals surface area contributed by atoms with Gasteiger partial charge in [-0.2, -0.15) is 0 Å². The SMILES string of the molecule is Cc1ccc(NC(=O)Cn2c(CCNC(=O)c3ccc(C)cc3)nc3ccccc32)cc1. The van der Waals surface area contributed by atoms with Crippen LogP contribution in [0, 0.1) is 13.8 Å². The fraction of sp³-hybridized carbons (Fsp3) is 0.192. The number of amides is 2. The highest BCUT2D eigenvalue weighted by Crippen LogP contribution is 2.17. The van der Waals surface area contributed by atoms with Crippen molar-refractivity contribution in [2.24, 2.45) is 0 Å². The average molecular weight is 427 g/mol. The van der Waals surface area contributed by atoms with Crippen LogP contribution in [-0.2, 0) is 17.8 Å². The topological polar surface area (TPSA) is 76.0 Å². The molecular formula is C26H26N4O2. The minimum absolute atomic E-state index is 0.121. The van der Waals surface area contributed by atoms with Crippen LogP contribution in [0.3, 0.4) is 0 Å². The highest BCUT2D eigenvalue weighted by molar-refractivity contribution is 5.94. The first-order valence-corrected chi connectivity index (χ1v) is 10.6. The molecule has 4 aromatic rings. The first-order chi connectivity index (χ1) is 15.5. The van der Waals surface area contributed by atoms with Gasteiger partial charge in [-0.1, -0.05) is 47.5 Å². The van der Waals surface area contributed by atoms with E-state index in [4.69, 9.17) is 4.98 Å². The third-order valence-corrected chi connectivity index (χ3v) is 5.32. The lowest BCUT2D eigenvalue weighted by Crippen LogP contribution is -2.27. The number of anilines is 1. The molecule has 0 aliphatic rings. The van der Waals surface area contributed by atoms with Crippen LogP contribution in [0.5, 0.6) is 0 Å². The summed E-state index contributed by atoms with van der Waals surface area (Å²) in [7, 11) is 0. The van der Waals surface area contributed by atoms with E-state index in [0.717, 1.165) is 33.7 Å². The van der Waals surface area contributed by atoms with E-state index in [1.807, 2.05) is 91.2 Å². The van der Waals surface area contributed by atoms with Crippen molar-refractivity contribution in [1.29, 1.82) is 0 Å². The number of nitrogens with one attached hydrogen (secondary N) is 2. The fourth-order valence-corrected chi connectivity index (χ4v) is 3.57. The van der Waals surface area contributed by atoms with Gasteiger partial charge in [0, 0.05) is 24.2 Å². The van der Waals surface area contributed by atoms with E-state index in [9.17, 15) is 9.59 Å². The maximum Gasteiger partial charge on any atom is 0.251 e. The summed E-state index contributed by atoms with van der Waals surface area (Å²) in [6.45, 7) is 4.57. The number of aryl methyl sites for hydroxylation is 2. The van der Waals surface area contributed by atoms with E-state index >= 15 is 0 Å². The largest absolute Gasteiger partial charge is 0.352 e. The maximum absolute atomic E-state index is 12.7. The number of rotatable bonds is 7. The molecule has 0 saturated heterocycles. The van der Waals surface area contributed by atoms with Crippen LogP contribution in [0.15, 0.2) is 72.8 Å². The molecule has 1 heterocycles. The van der Waals surface area contributed by atoms with E-state index in [1.54, 1.807) is 0 Å².